The third-order valence-corrected chi connectivity index (χ3v) is 3.85. The Bertz CT molecular complexity index is 394. The molecule has 108 valence electrons. The molecule has 0 amide bonds. The Morgan fingerprint density at radius 1 is 1.26 bits per heavy atom. The molecule has 19 heavy (non-hydrogen) atoms. The van der Waals surface area contributed by atoms with Crippen molar-refractivity contribution < 1.29 is 5.11 Å². The maximum absolute atomic E-state index is 9.60. The minimum Gasteiger partial charge on any atom is -0.389 e. The molecule has 0 aliphatic carbocycles. The summed E-state index contributed by atoms with van der Waals surface area (Å²) in [5.41, 5.74) is 2.14. The van der Waals surface area contributed by atoms with Crippen molar-refractivity contribution in [3.05, 3.63) is 28.2 Å². The van der Waals surface area contributed by atoms with Gasteiger partial charge in [0.15, 0.2) is 0 Å². The smallest absolute Gasteiger partial charge is 0.0762 e. The van der Waals surface area contributed by atoms with Crippen molar-refractivity contribution in [1.29, 1.82) is 0 Å². The fourth-order valence-corrected chi connectivity index (χ4v) is 2.71. The molecule has 0 radical (unpaired) electrons. The largest absolute Gasteiger partial charge is 0.389 e. The molecule has 1 aromatic rings. The molecule has 0 heterocycles. The number of hydrogen-bond acceptors (Lipinski definition) is 3. The molecule has 0 fully saturated rings. The second-order valence-electron chi connectivity index (χ2n) is 5.12. The first-order chi connectivity index (χ1) is 8.95. The second kappa shape index (κ2) is 7.88. The molecule has 1 atom stereocenters. The molecule has 0 aromatic heterocycles. The van der Waals surface area contributed by atoms with Gasteiger partial charge >= 0.3 is 0 Å². The summed E-state index contributed by atoms with van der Waals surface area (Å²) >= 11 is 3.61. The molecule has 1 unspecified atom stereocenters. The topological polar surface area (TPSA) is 26.7 Å². The van der Waals surface area contributed by atoms with Gasteiger partial charge in [0.1, 0.15) is 0 Å². The second-order valence-corrected chi connectivity index (χ2v) is 5.98. The van der Waals surface area contributed by atoms with Gasteiger partial charge in [-0.3, -0.25) is 0 Å². The molecule has 0 aliphatic heterocycles. The molecule has 1 rings (SSSR count). The Morgan fingerprint density at radius 3 is 2.42 bits per heavy atom. The highest BCUT2D eigenvalue weighted by molar-refractivity contribution is 9.10. The predicted molar refractivity (Wildman–Crippen MR) is 85.8 cm³/mol. The van der Waals surface area contributed by atoms with E-state index in [-0.39, 0.29) is 0 Å². The quantitative estimate of drug-likeness (QED) is 0.832. The average Bonchev–Trinajstić information content (AvgIpc) is 2.34. The van der Waals surface area contributed by atoms with Crippen molar-refractivity contribution in [2.75, 3.05) is 38.6 Å². The van der Waals surface area contributed by atoms with Crippen LogP contribution in [0.3, 0.4) is 0 Å². The molecule has 0 bridgehead atoms. The predicted octanol–water partition coefficient (Wildman–Crippen LogP) is 3.28. The zero-order valence-corrected chi connectivity index (χ0v) is 13.9. The lowest BCUT2D eigenvalue weighted by atomic mass is 10.1. The van der Waals surface area contributed by atoms with Crippen molar-refractivity contribution >= 4 is 21.6 Å². The normalized spacial score (nSPS) is 12.8. The molecule has 3 nitrogen and oxygen atoms in total. The van der Waals surface area contributed by atoms with Crippen LogP contribution in [0.1, 0.15) is 31.9 Å². The molecule has 4 heteroatoms. The van der Waals surface area contributed by atoms with Crippen LogP contribution in [0, 0.1) is 0 Å². The van der Waals surface area contributed by atoms with Crippen molar-refractivity contribution in [1.82, 2.24) is 4.90 Å². The van der Waals surface area contributed by atoms with E-state index in [1.54, 1.807) is 6.92 Å². The summed E-state index contributed by atoms with van der Waals surface area (Å²) in [6, 6.07) is 6.10. The van der Waals surface area contributed by atoms with Gasteiger partial charge in [0.2, 0.25) is 0 Å². The van der Waals surface area contributed by atoms with Crippen molar-refractivity contribution in [3.8, 4) is 0 Å². The summed E-state index contributed by atoms with van der Waals surface area (Å²) in [5.74, 6) is 0. The third kappa shape index (κ3) is 5.13. The van der Waals surface area contributed by atoms with Gasteiger partial charge in [-0.2, -0.15) is 0 Å². The summed E-state index contributed by atoms with van der Waals surface area (Å²) in [6.07, 6.45) is 0.722. The Kier molecular flexibility index (Phi) is 6.83. The first kappa shape index (κ1) is 16.5. The maximum atomic E-state index is 9.60. The highest BCUT2D eigenvalue weighted by atomic mass is 79.9. The van der Waals surface area contributed by atoms with Crippen LogP contribution in [0.15, 0.2) is 22.7 Å². The molecule has 1 N–H and O–H groups in total. The Hall–Kier alpha value is -0.580. The monoisotopic (exact) mass is 328 g/mol. The van der Waals surface area contributed by atoms with E-state index < -0.39 is 6.10 Å². The third-order valence-electron chi connectivity index (χ3n) is 3.21. The van der Waals surface area contributed by atoms with E-state index in [0.717, 1.165) is 36.1 Å². The van der Waals surface area contributed by atoms with Gasteiger partial charge in [-0.05, 0) is 74.5 Å². The summed E-state index contributed by atoms with van der Waals surface area (Å²) in [5, 5.41) is 9.60. The van der Waals surface area contributed by atoms with E-state index in [2.05, 4.69) is 52.8 Å². The van der Waals surface area contributed by atoms with Crippen LogP contribution in [0.2, 0.25) is 0 Å². The minimum atomic E-state index is -0.422. The zero-order chi connectivity index (χ0) is 14.4. The number of benzene rings is 1. The van der Waals surface area contributed by atoms with Gasteiger partial charge < -0.3 is 14.9 Å². The van der Waals surface area contributed by atoms with Crippen LogP contribution in [0.25, 0.3) is 0 Å². The molecule has 0 saturated carbocycles. The van der Waals surface area contributed by atoms with Gasteiger partial charge in [0.05, 0.1) is 11.8 Å². The van der Waals surface area contributed by atoms with E-state index in [1.165, 1.54) is 5.69 Å². The van der Waals surface area contributed by atoms with E-state index in [4.69, 9.17) is 0 Å². The highest BCUT2D eigenvalue weighted by Crippen LogP contribution is 2.29. The van der Waals surface area contributed by atoms with Gasteiger partial charge in [-0.15, -0.1) is 0 Å². The number of nitrogens with zero attached hydrogens (tertiary/aromatic N) is 2. The summed E-state index contributed by atoms with van der Waals surface area (Å²) in [7, 11) is 4.20. The average molecular weight is 329 g/mol. The maximum Gasteiger partial charge on any atom is 0.0762 e. The summed E-state index contributed by atoms with van der Waals surface area (Å²) in [6.45, 7) is 7.09. The number of hydrogen-bond donors (Lipinski definition) is 1. The number of halogens is 1. The van der Waals surface area contributed by atoms with Crippen LogP contribution >= 0.6 is 15.9 Å². The molecule has 0 spiro atoms. The zero-order valence-electron chi connectivity index (χ0n) is 12.4. The molecular weight excluding hydrogens is 304 g/mol. The fraction of sp³-hybridized carbons (Fsp3) is 0.600. The molecule has 0 saturated heterocycles. The van der Waals surface area contributed by atoms with E-state index in [9.17, 15) is 5.11 Å². The Balaban J connectivity index is 2.75. The standard InChI is InChI=1S/C15H25BrN2O/c1-5-18(10-6-9-17(3)4)15-8-7-13(12(2)19)11-14(15)16/h7-8,11-12,19H,5-6,9-10H2,1-4H3. The number of aliphatic hydroxyl groups is 1. The fourth-order valence-electron chi connectivity index (χ4n) is 2.07. The van der Waals surface area contributed by atoms with Crippen LogP contribution in [0.5, 0.6) is 0 Å². The first-order valence-electron chi connectivity index (χ1n) is 6.83. The van der Waals surface area contributed by atoms with Crippen molar-refractivity contribution in [2.24, 2.45) is 0 Å². The lowest BCUT2D eigenvalue weighted by Crippen LogP contribution is -2.27. The number of rotatable bonds is 7. The minimum absolute atomic E-state index is 0.422. The molecule has 1 aromatic carbocycles. The molecule has 0 aliphatic rings. The SMILES string of the molecule is CCN(CCCN(C)C)c1ccc(C(C)O)cc1Br. The van der Waals surface area contributed by atoms with Gasteiger partial charge in [0, 0.05) is 17.6 Å². The van der Waals surface area contributed by atoms with Crippen molar-refractivity contribution in [3.63, 3.8) is 0 Å². The lowest BCUT2D eigenvalue weighted by Gasteiger charge is -2.25. The first-order valence-corrected chi connectivity index (χ1v) is 7.62. The summed E-state index contributed by atoms with van der Waals surface area (Å²) < 4.78 is 1.05. The van der Waals surface area contributed by atoms with Gasteiger partial charge in [-0.1, -0.05) is 6.07 Å². The van der Waals surface area contributed by atoms with Crippen LogP contribution in [0.4, 0.5) is 5.69 Å². The van der Waals surface area contributed by atoms with E-state index in [1.807, 2.05) is 12.1 Å². The van der Waals surface area contributed by atoms with Crippen molar-refractivity contribution in [2.45, 2.75) is 26.4 Å². The molecular formula is C15H25BrN2O. The highest BCUT2D eigenvalue weighted by Gasteiger charge is 2.10. The van der Waals surface area contributed by atoms with Crippen LogP contribution in [-0.2, 0) is 0 Å². The van der Waals surface area contributed by atoms with Gasteiger partial charge in [-0.25, -0.2) is 0 Å². The number of anilines is 1. The lowest BCUT2D eigenvalue weighted by molar-refractivity contribution is 0.199. The van der Waals surface area contributed by atoms with E-state index in [0.29, 0.717) is 0 Å². The van der Waals surface area contributed by atoms with Crippen LogP contribution < -0.4 is 4.90 Å². The Morgan fingerprint density at radius 2 is 1.95 bits per heavy atom. The Labute approximate surface area is 125 Å². The number of aliphatic hydroxyl groups excluding tert-OH is 1. The van der Waals surface area contributed by atoms with E-state index >= 15 is 0 Å². The summed E-state index contributed by atoms with van der Waals surface area (Å²) in [4.78, 5) is 4.57. The van der Waals surface area contributed by atoms with Gasteiger partial charge in [0.25, 0.3) is 0 Å². The van der Waals surface area contributed by atoms with Crippen LogP contribution in [-0.4, -0.2) is 43.7 Å².